The number of nitrogens with two attached hydrogens (primary N) is 1. The molecule has 2 aromatic heterocycles. The molecule has 0 aliphatic carbocycles. The summed E-state index contributed by atoms with van der Waals surface area (Å²) in [6.45, 7) is 2.64. The van der Waals surface area contributed by atoms with Crippen LogP contribution < -0.4 is 15.8 Å². The van der Waals surface area contributed by atoms with E-state index in [1.807, 2.05) is 12.1 Å². The van der Waals surface area contributed by atoms with Crippen LogP contribution in [0.4, 0.5) is 16.3 Å². The number of hydrogen-bond acceptors (Lipinski definition) is 8. The van der Waals surface area contributed by atoms with E-state index in [1.165, 1.54) is 6.33 Å². The van der Waals surface area contributed by atoms with Crippen LogP contribution in [0.2, 0.25) is 0 Å². The van der Waals surface area contributed by atoms with Crippen LogP contribution in [0.25, 0.3) is 22.2 Å². The van der Waals surface area contributed by atoms with Crippen molar-refractivity contribution in [2.75, 3.05) is 44.6 Å². The summed E-state index contributed by atoms with van der Waals surface area (Å²) in [5.41, 5.74) is 9.42. The zero-order valence-corrected chi connectivity index (χ0v) is 19.2. The van der Waals surface area contributed by atoms with Gasteiger partial charge in [-0.2, -0.15) is 0 Å². The number of ether oxygens (including phenoxy) is 4. The number of methoxy groups -OCH3 is 1. The molecule has 1 aromatic carbocycles. The second kappa shape index (κ2) is 9.86. The number of nitrogen functional groups attached to an aromatic ring is 1. The lowest BCUT2D eigenvalue weighted by atomic mass is 10.0. The maximum atomic E-state index is 12.4. The molecule has 34 heavy (non-hydrogen) atoms. The standard InChI is InChI=1S/C24H29N5O5/c1-31-20-12-15(2-3-19(20)28-24(30)34-17-6-10-33-11-7-17)18-13-29(16-4-8-32-9-5-16)23-21(18)22(25)26-14-27-23/h2-3,12-14,16-17H,4-11H2,1H3,(H,28,30)(H2,25,26,27). The molecule has 0 spiro atoms. The number of aromatic nitrogens is 3. The number of anilines is 2. The van der Waals surface area contributed by atoms with Gasteiger partial charge in [-0.15, -0.1) is 0 Å². The Hall–Kier alpha value is -3.37. The van der Waals surface area contributed by atoms with Gasteiger partial charge in [-0.1, -0.05) is 6.07 Å². The van der Waals surface area contributed by atoms with Gasteiger partial charge >= 0.3 is 6.09 Å². The molecule has 2 saturated heterocycles. The highest BCUT2D eigenvalue weighted by atomic mass is 16.6. The molecule has 0 unspecified atom stereocenters. The third kappa shape index (κ3) is 4.51. The van der Waals surface area contributed by atoms with Gasteiger partial charge in [0.1, 0.15) is 29.6 Å². The summed E-state index contributed by atoms with van der Waals surface area (Å²) < 4.78 is 24.1. The van der Waals surface area contributed by atoms with Gasteiger partial charge in [0.25, 0.3) is 0 Å². The molecule has 5 rings (SSSR count). The largest absolute Gasteiger partial charge is 0.495 e. The molecule has 0 atom stereocenters. The zero-order valence-electron chi connectivity index (χ0n) is 19.2. The highest BCUT2D eigenvalue weighted by molar-refractivity contribution is 6.01. The van der Waals surface area contributed by atoms with E-state index in [0.29, 0.717) is 43.3 Å². The molecule has 0 saturated carbocycles. The minimum Gasteiger partial charge on any atom is -0.495 e. The number of nitrogens with one attached hydrogen (secondary N) is 1. The van der Waals surface area contributed by atoms with Crippen LogP contribution in [0.1, 0.15) is 31.7 Å². The second-order valence-corrected chi connectivity index (χ2v) is 8.51. The molecule has 4 heterocycles. The molecule has 10 heteroatoms. The first-order valence-electron chi connectivity index (χ1n) is 11.6. The Morgan fingerprint density at radius 1 is 1.12 bits per heavy atom. The predicted octanol–water partition coefficient (Wildman–Crippen LogP) is 3.77. The van der Waals surface area contributed by atoms with E-state index in [-0.39, 0.29) is 12.1 Å². The number of carbonyl (C=O) groups is 1. The van der Waals surface area contributed by atoms with Gasteiger partial charge in [0.2, 0.25) is 0 Å². The second-order valence-electron chi connectivity index (χ2n) is 8.51. The molecule has 3 N–H and O–H groups in total. The minimum absolute atomic E-state index is 0.140. The number of hydrogen-bond donors (Lipinski definition) is 2. The average Bonchev–Trinajstić information content (AvgIpc) is 3.26. The molecule has 2 fully saturated rings. The summed E-state index contributed by atoms with van der Waals surface area (Å²) >= 11 is 0. The summed E-state index contributed by atoms with van der Waals surface area (Å²) in [7, 11) is 1.57. The third-order valence-electron chi connectivity index (χ3n) is 6.41. The molecule has 1 amide bonds. The molecule has 180 valence electrons. The van der Waals surface area contributed by atoms with Crippen molar-refractivity contribution >= 4 is 28.6 Å². The van der Waals surface area contributed by atoms with Gasteiger partial charge in [0, 0.05) is 43.9 Å². The Bertz CT molecular complexity index is 1170. The summed E-state index contributed by atoms with van der Waals surface area (Å²) in [6, 6.07) is 5.88. The van der Waals surface area contributed by atoms with E-state index in [9.17, 15) is 4.79 Å². The summed E-state index contributed by atoms with van der Waals surface area (Å²) in [5, 5.41) is 3.60. The number of rotatable bonds is 5. The van der Waals surface area contributed by atoms with E-state index >= 15 is 0 Å². The molecule has 10 nitrogen and oxygen atoms in total. The van der Waals surface area contributed by atoms with Gasteiger partial charge in [-0.25, -0.2) is 14.8 Å². The maximum Gasteiger partial charge on any atom is 0.412 e. The first kappa shape index (κ1) is 22.4. The quantitative estimate of drug-likeness (QED) is 0.581. The van der Waals surface area contributed by atoms with Crippen molar-refractivity contribution in [2.24, 2.45) is 0 Å². The lowest BCUT2D eigenvalue weighted by molar-refractivity contribution is 0.00590. The van der Waals surface area contributed by atoms with Gasteiger partial charge in [-0.3, -0.25) is 5.32 Å². The monoisotopic (exact) mass is 467 g/mol. The van der Waals surface area contributed by atoms with Crippen LogP contribution >= 0.6 is 0 Å². The highest BCUT2D eigenvalue weighted by Gasteiger charge is 2.23. The van der Waals surface area contributed by atoms with Crippen LogP contribution in [0, 0.1) is 0 Å². The van der Waals surface area contributed by atoms with E-state index in [0.717, 1.165) is 48.2 Å². The van der Waals surface area contributed by atoms with Crippen LogP contribution in [0.5, 0.6) is 5.75 Å². The fraction of sp³-hybridized carbons (Fsp3) is 0.458. The van der Waals surface area contributed by atoms with Crippen molar-refractivity contribution < 1.29 is 23.7 Å². The van der Waals surface area contributed by atoms with Crippen LogP contribution in [-0.2, 0) is 14.2 Å². The Morgan fingerprint density at radius 3 is 2.59 bits per heavy atom. The number of fused-ring (bicyclic) bond motifs is 1. The predicted molar refractivity (Wildman–Crippen MR) is 127 cm³/mol. The fourth-order valence-electron chi connectivity index (χ4n) is 4.62. The van der Waals surface area contributed by atoms with Gasteiger partial charge in [-0.05, 0) is 30.5 Å². The molecular formula is C24H29N5O5. The molecule has 0 bridgehead atoms. The molecule has 2 aliphatic heterocycles. The van der Waals surface area contributed by atoms with Crippen molar-refractivity contribution in [3.8, 4) is 16.9 Å². The van der Waals surface area contributed by atoms with Gasteiger partial charge < -0.3 is 29.2 Å². The first-order valence-corrected chi connectivity index (χ1v) is 11.6. The Morgan fingerprint density at radius 2 is 1.85 bits per heavy atom. The molecule has 2 aliphatic rings. The number of amides is 1. The molecule has 3 aromatic rings. The Balaban J connectivity index is 1.44. The number of carbonyl (C=O) groups excluding carboxylic acids is 1. The van der Waals surface area contributed by atoms with Gasteiger partial charge in [0.05, 0.1) is 31.4 Å². The van der Waals surface area contributed by atoms with Crippen LogP contribution in [-0.4, -0.2) is 60.3 Å². The summed E-state index contributed by atoms with van der Waals surface area (Å²) in [6.07, 6.45) is 6.14. The van der Waals surface area contributed by atoms with Crippen molar-refractivity contribution in [1.29, 1.82) is 0 Å². The Kier molecular flexibility index (Phi) is 6.50. The fourth-order valence-corrected chi connectivity index (χ4v) is 4.62. The lowest BCUT2D eigenvalue weighted by Gasteiger charge is -2.24. The van der Waals surface area contributed by atoms with Crippen LogP contribution in [0.3, 0.4) is 0 Å². The van der Waals surface area contributed by atoms with Crippen molar-refractivity contribution in [2.45, 2.75) is 37.8 Å². The van der Waals surface area contributed by atoms with E-state index in [2.05, 4.69) is 26.0 Å². The maximum absolute atomic E-state index is 12.4. The SMILES string of the molecule is COc1cc(-c2cn(C3CCOCC3)c3ncnc(N)c23)ccc1NC(=O)OC1CCOCC1. The van der Waals surface area contributed by atoms with E-state index < -0.39 is 6.09 Å². The van der Waals surface area contributed by atoms with Crippen molar-refractivity contribution in [1.82, 2.24) is 14.5 Å². The normalized spacial score (nSPS) is 17.6. The molecule has 0 radical (unpaired) electrons. The number of nitrogens with zero attached hydrogens (tertiary/aromatic N) is 3. The van der Waals surface area contributed by atoms with Crippen molar-refractivity contribution in [3.05, 3.63) is 30.7 Å². The summed E-state index contributed by atoms with van der Waals surface area (Å²) in [5.74, 6) is 0.941. The average molecular weight is 468 g/mol. The van der Waals surface area contributed by atoms with E-state index in [4.69, 9.17) is 24.7 Å². The third-order valence-corrected chi connectivity index (χ3v) is 6.41. The minimum atomic E-state index is -0.508. The van der Waals surface area contributed by atoms with Crippen molar-refractivity contribution in [3.63, 3.8) is 0 Å². The molecular weight excluding hydrogens is 438 g/mol. The van der Waals surface area contributed by atoms with Crippen LogP contribution in [0.15, 0.2) is 30.7 Å². The topological polar surface area (TPSA) is 123 Å². The first-order chi connectivity index (χ1) is 16.6. The lowest BCUT2D eigenvalue weighted by Crippen LogP contribution is -2.28. The highest BCUT2D eigenvalue weighted by Crippen LogP contribution is 2.39. The van der Waals surface area contributed by atoms with Gasteiger partial charge in [0.15, 0.2) is 0 Å². The summed E-state index contributed by atoms with van der Waals surface area (Å²) in [4.78, 5) is 21.2. The smallest absolute Gasteiger partial charge is 0.412 e. The zero-order chi connectivity index (χ0) is 23.5. The van der Waals surface area contributed by atoms with E-state index in [1.54, 1.807) is 13.2 Å². The number of benzene rings is 1. The Labute approximate surface area is 197 Å².